The molecule has 2 nitrogen and oxygen atoms in total. The van der Waals surface area contributed by atoms with Crippen molar-refractivity contribution in [1.29, 1.82) is 0 Å². The summed E-state index contributed by atoms with van der Waals surface area (Å²) >= 11 is 0. The summed E-state index contributed by atoms with van der Waals surface area (Å²) < 4.78 is 1.54. The quantitative estimate of drug-likeness (QED) is 0.579. The molecular weight excluding hydrogens is 177 g/mol. The molecule has 1 aromatic rings. The van der Waals surface area contributed by atoms with E-state index >= 15 is 0 Å². The predicted octanol–water partition coefficient (Wildman–Crippen LogP) is 0.584. The van der Waals surface area contributed by atoms with Crippen LogP contribution in [0.15, 0.2) is 12.4 Å². The van der Waals surface area contributed by atoms with Crippen LogP contribution in [0, 0.1) is 12.9 Å². The topological polar surface area (TPSA) is 17.8 Å². The minimum Gasteiger partial charge on any atom is -0.551 e. The Labute approximate surface area is 73.5 Å². The first-order chi connectivity index (χ1) is 3.43. The molecule has 39 valence electrons. The van der Waals surface area contributed by atoms with Gasteiger partial charge in [-0.05, 0) is 0 Å². The van der Waals surface area contributed by atoms with Crippen molar-refractivity contribution < 1.29 is 32.7 Å². The molecule has 1 rings (SSSR count). The van der Waals surface area contributed by atoms with E-state index in [1.807, 2.05) is 0 Å². The van der Waals surface area contributed by atoms with Crippen LogP contribution >= 0.6 is 0 Å². The minimum absolute atomic E-state index is 0. The van der Waals surface area contributed by atoms with Crippen LogP contribution < -0.4 is 0 Å². The molecule has 1 radical (unpaired) electrons. The van der Waals surface area contributed by atoms with Crippen LogP contribution in [0.25, 0.3) is 6.20 Å². The predicted molar refractivity (Wildman–Crippen MR) is 26.1 cm³/mol. The SMILES string of the molecule is [CH-]=Cn1[c-]ncc1.[Y]. The van der Waals surface area contributed by atoms with Gasteiger partial charge in [0.15, 0.2) is 0 Å². The number of hydrogen-bond donors (Lipinski definition) is 0. The first-order valence-electron chi connectivity index (χ1n) is 1.89. The van der Waals surface area contributed by atoms with Crippen LogP contribution in [0.4, 0.5) is 0 Å². The molecule has 0 bridgehead atoms. The molecule has 0 saturated carbocycles. The van der Waals surface area contributed by atoms with E-state index in [-0.39, 0.29) is 32.7 Å². The van der Waals surface area contributed by atoms with Crippen molar-refractivity contribution in [3.63, 3.8) is 0 Å². The first kappa shape index (κ1) is 8.05. The van der Waals surface area contributed by atoms with Gasteiger partial charge in [0.2, 0.25) is 0 Å². The monoisotopic (exact) mass is 181 g/mol. The Bertz CT molecular complexity index is 145. The Morgan fingerprint density at radius 3 is 2.75 bits per heavy atom. The van der Waals surface area contributed by atoms with E-state index in [1.165, 1.54) is 6.20 Å². The van der Waals surface area contributed by atoms with Gasteiger partial charge in [0, 0.05) is 39.0 Å². The molecule has 0 amide bonds. The van der Waals surface area contributed by atoms with Crippen LogP contribution in [-0.4, -0.2) is 9.55 Å². The van der Waals surface area contributed by atoms with Crippen LogP contribution in [0.2, 0.25) is 0 Å². The Kier molecular flexibility index (Phi) is 4.01. The number of nitrogens with zero attached hydrogens (tertiary/aromatic N) is 2. The summed E-state index contributed by atoms with van der Waals surface area (Å²) in [5.41, 5.74) is 0. The second kappa shape index (κ2) is 3.99. The second-order valence-corrected chi connectivity index (χ2v) is 1.08. The first-order valence-corrected chi connectivity index (χ1v) is 1.89. The molecule has 0 aliphatic heterocycles. The molecule has 0 saturated heterocycles. The Morgan fingerprint density at radius 2 is 2.50 bits per heavy atom. The van der Waals surface area contributed by atoms with Crippen molar-refractivity contribution in [3.05, 3.63) is 25.3 Å². The molecule has 0 unspecified atom stereocenters. The normalized spacial score (nSPS) is 7.50. The summed E-state index contributed by atoms with van der Waals surface area (Å²) in [6.45, 7) is 5.06. The molecule has 0 fully saturated rings. The van der Waals surface area contributed by atoms with Crippen molar-refractivity contribution in [2.45, 2.75) is 0 Å². The third kappa shape index (κ3) is 1.89. The number of rotatable bonds is 1. The van der Waals surface area contributed by atoms with Gasteiger partial charge in [-0.1, -0.05) is 12.4 Å². The molecule has 8 heavy (non-hydrogen) atoms. The largest absolute Gasteiger partial charge is 0.551 e. The zero-order valence-electron chi connectivity index (χ0n) is 4.28. The van der Waals surface area contributed by atoms with Crippen molar-refractivity contribution in [1.82, 2.24) is 9.55 Å². The van der Waals surface area contributed by atoms with E-state index in [0.29, 0.717) is 0 Å². The summed E-state index contributed by atoms with van der Waals surface area (Å²) in [4.78, 5) is 3.62. The summed E-state index contributed by atoms with van der Waals surface area (Å²) in [6.07, 6.45) is 7.28. The molecule has 0 spiro atoms. The zero-order chi connectivity index (χ0) is 5.11. The Balaban J connectivity index is 0.000000490. The van der Waals surface area contributed by atoms with Gasteiger partial charge in [0.1, 0.15) is 0 Å². The van der Waals surface area contributed by atoms with Gasteiger partial charge in [-0.3, -0.25) is 6.20 Å². The van der Waals surface area contributed by atoms with Crippen LogP contribution in [-0.2, 0) is 32.7 Å². The molecule has 1 aromatic heterocycles. The summed E-state index contributed by atoms with van der Waals surface area (Å²) in [7, 11) is 0. The van der Waals surface area contributed by atoms with Gasteiger partial charge in [-0.2, -0.15) is 0 Å². The molecule has 3 heteroatoms. The van der Waals surface area contributed by atoms with E-state index < -0.39 is 0 Å². The van der Waals surface area contributed by atoms with Crippen LogP contribution in [0.3, 0.4) is 0 Å². The van der Waals surface area contributed by atoms with Gasteiger partial charge in [-0.25, -0.2) is 0 Å². The maximum Gasteiger partial charge on any atom is 0.0378 e. The fraction of sp³-hybridized carbons (Fsp3) is 0. The molecule has 1 heterocycles. The second-order valence-electron chi connectivity index (χ2n) is 1.08. The summed E-state index contributed by atoms with van der Waals surface area (Å²) in [5.74, 6) is 0. The van der Waals surface area contributed by atoms with E-state index in [0.717, 1.165) is 0 Å². The van der Waals surface area contributed by atoms with Crippen molar-refractivity contribution in [2.24, 2.45) is 0 Å². The van der Waals surface area contributed by atoms with E-state index in [2.05, 4.69) is 11.3 Å². The molecule has 0 atom stereocenters. The van der Waals surface area contributed by atoms with Crippen molar-refractivity contribution in [3.8, 4) is 0 Å². The van der Waals surface area contributed by atoms with Gasteiger partial charge in [0.05, 0.1) is 0 Å². The standard InChI is InChI=1S/C5H4N2.Y/c1-2-7-4-3-6-5-7;/h1-4H;/q-2;. The minimum atomic E-state index is 0. The van der Waals surface area contributed by atoms with E-state index in [1.54, 1.807) is 17.0 Å². The van der Waals surface area contributed by atoms with Crippen LogP contribution in [0.1, 0.15) is 0 Å². The molecule has 0 N–H and O–H groups in total. The Hall–Kier alpha value is 0.0539. The average molecular weight is 181 g/mol. The number of hydrogen-bond acceptors (Lipinski definition) is 1. The molecule has 0 aliphatic rings. The van der Waals surface area contributed by atoms with Gasteiger partial charge >= 0.3 is 0 Å². The zero-order valence-corrected chi connectivity index (χ0v) is 7.12. The number of imidazole rings is 1. The fourth-order valence-electron chi connectivity index (χ4n) is 0.322. The van der Waals surface area contributed by atoms with E-state index in [9.17, 15) is 0 Å². The van der Waals surface area contributed by atoms with Gasteiger partial charge in [-0.15, -0.1) is 0 Å². The third-order valence-electron chi connectivity index (χ3n) is 0.636. The number of aromatic nitrogens is 2. The van der Waals surface area contributed by atoms with Gasteiger partial charge < -0.3 is 16.1 Å². The maximum absolute atomic E-state index is 5.06. The van der Waals surface area contributed by atoms with Crippen LogP contribution in [0.5, 0.6) is 0 Å². The smallest absolute Gasteiger partial charge is 0.0378 e. The Morgan fingerprint density at radius 1 is 1.75 bits per heavy atom. The fourth-order valence-corrected chi connectivity index (χ4v) is 0.322. The van der Waals surface area contributed by atoms with Gasteiger partial charge in [0.25, 0.3) is 0 Å². The summed E-state index contributed by atoms with van der Waals surface area (Å²) in [5, 5.41) is 0. The average Bonchev–Trinajstić information content (AvgIpc) is 2.14. The molecule has 0 aromatic carbocycles. The van der Waals surface area contributed by atoms with Crippen molar-refractivity contribution >= 4 is 6.20 Å². The molecule has 0 aliphatic carbocycles. The van der Waals surface area contributed by atoms with Crippen molar-refractivity contribution in [2.75, 3.05) is 0 Å². The van der Waals surface area contributed by atoms with E-state index in [4.69, 9.17) is 6.58 Å². The third-order valence-corrected chi connectivity index (χ3v) is 0.636. The maximum atomic E-state index is 5.06. The summed E-state index contributed by atoms with van der Waals surface area (Å²) in [6, 6.07) is 0. The molecular formula is C5H4N2Y-2.